The highest BCUT2D eigenvalue weighted by atomic mass is 16.4. The fourth-order valence-electron chi connectivity index (χ4n) is 4.32. The lowest BCUT2D eigenvalue weighted by molar-refractivity contribution is -0.143. The fourth-order valence-corrected chi connectivity index (χ4v) is 4.32. The number of carbonyl (C=O) groups is 6. The Hall–Kier alpha value is -3.64. The molecule has 12 heteroatoms. The lowest BCUT2D eigenvalue weighted by atomic mass is 9.90. The van der Waals surface area contributed by atoms with Crippen LogP contribution >= 0.6 is 0 Å². The number of amides is 3. The molecule has 0 aliphatic rings. The van der Waals surface area contributed by atoms with Gasteiger partial charge in [-0.3, -0.25) is 19.2 Å². The maximum atomic E-state index is 13.4. The first-order chi connectivity index (χ1) is 19.0. The Labute approximate surface area is 234 Å². The number of Topliss-reactive ketones (excluding diaryl/α,β-unsaturated/α-hetero) is 2. The van der Waals surface area contributed by atoms with Crippen LogP contribution in [0.2, 0.25) is 0 Å². The van der Waals surface area contributed by atoms with E-state index in [1.54, 1.807) is 0 Å². The Morgan fingerprint density at radius 3 is 1.88 bits per heavy atom. The zero-order valence-electron chi connectivity index (χ0n) is 23.1. The molecule has 0 saturated carbocycles. The van der Waals surface area contributed by atoms with E-state index in [0.29, 0.717) is 19.3 Å². The number of hydrogen-bond donors (Lipinski definition) is 6. The van der Waals surface area contributed by atoms with Crippen LogP contribution in [0.4, 0.5) is 0 Å². The number of carboxylic acid groups (broad SMARTS) is 1. The van der Waals surface area contributed by atoms with E-state index < -0.39 is 53.4 Å². The maximum absolute atomic E-state index is 13.4. The predicted octanol–water partition coefficient (Wildman–Crippen LogP) is 0.197. The molecule has 0 heterocycles. The summed E-state index contributed by atoms with van der Waals surface area (Å²) in [6.07, 6.45) is 0.741. The molecule has 40 heavy (non-hydrogen) atoms. The van der Waals surface area contributed by atoms with Gasteiger partial charge in [-0.05, 0) is 64.1 Å². The molecule has 0 aliphatic carbocycles. The smallest absolute Gasteiger partial charge is 0.326 e. The number of primary amides is 1. The number of carboxylic acids is 1. The first-order valence-corrected chi connectivity index (χ1v) is 13.6. The van der Waals surface area contributed by atoms with Crippen LogP contribution in [0.3, 0.4) is 0 Å². The Kier molecular flexibility index (Phi) is 16.0. The van der Waals surface area contributed by atoms with Gasteiger partial charge >= 0.3 is 5.97 Å². The van der Waals surface area contributed by atoms with Crippen LogP contribution in [0, 0.1) is 11.8 Å². The molecule has 1 rings (SSSR count). The highest BCUT2D eigenvalue weighted by Crippen LogP contribution is 2.18. The molecule has 4 atom stereocenters. The first-order valence-electron chi connectivity index (χ1n) is 13.6. The number of hydrogen-bond acceptors (Lipinski definition) is 8. The summed E-state index contributed by atoms with van der Waals surface area (Å²) in [7, 11) is 0. The SMILES string of the molecule is CC(=O)C[C@H](Cc1ccccc1)C(=O)N[C@@H](CCCN)C(=O)C[C@H](CCC(N)=O)C(=O)N[C@@H](CCCN)C(=O)O. The van der Waals surface area contributed by atoms with Gasteiger partial charge in [0.25, 0.3) is 0 Å². The summed E-state index contributed by atoms with van der Waals surface area (Å²) >= 11 is 0. The molecule has 3 amide bonds. The summed E-state index contributed by atoms with van der Waals surface area (Å²) in [4.78, 5) is 74.6. The van der Waals surface area contributed by atoms with Crippen LogP contribution < -0.4 is 27.8 Å². The van der Waals surface area contributed by atoms with Crippen molar-refractivity contribution in [3.8, 4) is 0 Å². The van der Waals surface area contributed by atoms with Crippen LogP contribution in [0.5, 0.6) is 0 Å². The molecule has 1 aromatic carbocycles. The van der Waals surface area contributed by atoms with Gasteiger partial charge in [0.2, 0.25) is 17.7 Å². The summed E-state index contributed by atoms with van der Waals surface area (Å²) in [6.45, 7) is 1.89. The first kappa shape index (κ1) is 34.4. The molecule has 0 saturated heterocycles. The van der Waals surface area contributed by atoms with E-state index in [-0.39, 0.29) is 57.4 Å². The molecule has 1 aromatic rings. The summed E-state index contributed by atoms with van der Waals surface area (Å²) < 4.78 is 0. The third-order valence-corrected chi connectivity index (χ3v) is 6.50. The summed E-state index contributed by atoms with van der Waals surface area (Å²) in [5.41, 5.74) is 17.2. The van der Waals surface area contributed by atoms with Gasteiger partial charge in [-0.2, -0.15) is 0 Å². The second-order valence-corrected chi connectivity index (χ2v) is 9.99. The molecule has 222 valence electrons. The number of rotatable bonds is 21. The number of aliphatic carboxylic acids is 1. The van der Waals surface area contributed by atoms with Crippen molar-refractivity contribution in [2.75, 3.05) is 13.1 Å². The molecule has 0 unspecified atom stereocenters. The fraction of sp³-hybridized carbons (Fsp3) is 0.571. The average Bonchev–Trinajstić information content (AvgIpc) is 2.90. The molecular weight excluding hydrogens is 518 g/mol. The number of nitrogens with two attached hydrogens (primary N) is 3. The van der Waals surface area contributed by atoms with E-state index >= 15 is 0 Å². The Morgan fingerprint density at radius 1 is 0.800 bits per heavy atom. The molecule has 0 aromatic heterocycles. The maximum Gasteiger partial charge on any atom is 0.326 e. The van der Waals surface area contributed by atoms with Crippen molar-refractivity contribution >= 4 is 35.3 Å². The summed E-state index contributed by atoms with van der Waals surface area (Å²) in [5.74, 6) is -5.50. The van der Waals surface area contributed by atoms with Crippen molar-refractivity contribution in [2.24, 2.45) is 29.0 Å². The lowest BCUT2D eigenvalue weighted by Gasteiger charge is -2.24. The molecular formula is C28H43N5O7. The van der Waals surface area contributed by atoms with Crippen LogP contribution in [-0.4, -0.2) is 65.5 Å². The van der Waals surface area contributed by atoms with Crippen molar-refractivity contribution < 1.29 is 33.9 Å². The largest absolute Gasteiger partial charge is 0.480 e. The normalized spacial score (nSPS) is 13.9. The molecule has 0 spiro atoms. The van der Waals surface area contributed by atoms with Crippen LogP contribution in [0.15, 0.2) is 30.3 Å². The van der Waals surface area contributed by atoms with E-state index in [1.165, 1.54) is 6.92 Å². The van der Waals surface area contributed by atoms with Crippen molar-refractivity contribution in [3.05, 3.63) is 35.9 Å². The zero-order chi connectivity index (χ0) is 30.1. The van der Waals surface area contributed by atoms with Crippen molar-refractivity contribution in [1.29, 1.82) is 0 Å². The van der Waals surface area contributed by atoms with Crippen molar-refractivity contribution in [3.63, 3.8) is 0 Å². The molecule has 0 bridgehead atoms. The second-order valence-electron chi connectivity index (χ2n) is 9.99. The van der Waals surface area contributed by atoms with Crippen molar-refractivity contribution in [1.82, 2.24) is 10.6 Å². The highest BCUT2D eigenvalue weighted by Gasteiger charge is 2.31. The Bertz CT molecular complexity index is 1000. The minimum atomic E-state index is -1.25. The third-order valence-electron chi connectivity index (χ3n) is 6.50. The molecule has 0 fully saturated rings. The van der Waals surface area contributed by atoms with Gasteiger partial charge in [-0.15, -0.1) is 0 Å². The number of benzene rings is 1. The summed E-state index contributed by atoms with van der Waals surface area (Å²) in [5, 5.41) is 14.6. The van der Waals surface area contributed by atoms with Gasteiger partial charge in [0.05, 0.1) is 6.04 Å². The average molecular weight is 562 g/mol. The van der Waals surface area contributed by atoms with Gasteiger partial charge in [0.1, 0.15) is 11.8 Å². The van der Waals surface area contributed by atoms with Crippen molar-refractivity contribution in [2.45, 2.75) is 76.8 Å². The summed E-state index contributed by atoms with van der Waals surface area (Å²) in [6, 6.07) is 6.99. The van der Waals surface area contributed by atoms with Gasteiger partial charge < -0.3 is 37.7 Å². The minimum absolute atomic E-state index is 0.0124. The standard InChI is InChI=1S/C28H43N5O7/c1-18(34)15-21(16-19-7-3-2-4-8-19)27(38)32-22(9-5-13-29)24(35)17-20(11-12-25(31)36)26(37)33-23(28(39)40)10-6-14-30/h2-4,7-8,20-23H,5-6,9-17,29-30H2,1H3,(H2,31,36)(H,32,38)(H,33,37)(H,39,40)/t20-,21+,22-,23-/m0/s1. The zero-order valence-corrected chi connectivity index (χ0v) is 23.1. The van der Waals surface area contributed by atoms with E-state index in [2.05, 4.69) is 10.6 Å². The van der Waals surface area contributed by atoms with E-state index in [0.717, 1.165) is 5.56 Å². The Balaban J connectivity index is 3.09. The van der Waals surface area contributed by atoms with Gasteiger partial charge in [-0.25, -0.2) is 4.79 Å². The topological polar surface area (TPSA) is 225 Å². The molecule has 9 N–H and O–H groups in total. The van der Waals surface area contributed by atoms with E-state index in [9.17, 15) is 33.9 Å². The number of carbonyl (C=O) groups excluding carboxylic acids is 5. The van der Waals surface area contributed by atoms with E-state index in [4.69, 9.17) is 17.2 Å². The van der Waals surface area contributed by atoms with Gasteiger partial charge in [0.15, 0.2) is 5.78 Å². The quantitative estimate of drug-likeness (QED) is 0.120. The number of nitrogens with one attached hydrogen (secondary N) is 2. The van der Waals surface area contributed by atoms with E-state index in [1.807, 2.05) is 30.3 Å². The molecule has 0 aliphatic heterocycles. The van der Waals surface area contributed by atoms with Crippen LogP contribution in [0.25, 0.3) is 0 Å². The van der Waals surface area contributed by atoms with Gasteiger partial charge in [-0.1, -0.05) is 30.3 Å². The second kappa shape index (κ2) is 18.6. The monoisotopic (exact) mass is 561 g/mol. The van der Waals surface area contributed by atoms with Gasteiger partial charge in [0, 0.05) is 31.1 Å². The lowest BCUT2D eigenvalue weighted by Crippen LogP contribution is -2.47. The van der Waals surface area contributed by atoms with Crippen LogP contribution in [0.1, 0.15) is 63.9 Å². The Morgan fingerprint density at radius 2 is 1.35 bits per heavy atom. The molecule has 0 radical (unpaired) electrons. The number of ketones is 2. The van der Waals surface area contributed by atoms with Crippen LogP contribution in [-0.2, 0) is 35.2 Å². The predicted molar refractivity (Wildman–Crippen MR) is 149 cm³/mol. The highest BCUT2D eigenvalue weighted by molar-refractivity contribution is 5.94. The minimum Gasteiger partial charge on any atom is -0.480 e. The molecule has 12 nitrogen and oxygen atoms in total. The third kappa shape index (κ3) is 13.4.